The van der Waals surface area contributed by atoms with E-state index in [1.807, 2.05) is 24.3 Å². The van der Waals surface area contributed by atoms with Gasteiger partial charge in [-0.25, -0.2) is 0 Å². The molecular weight excluding hydrogens is 214 g/mol. The fourth-order valence-electron chi connectivity index (χ4n) is 1.61. The molecule has 0 amide bonds. The molecule has 0 aliphatic heterocycles. The number of aromatic nitrogens is 3. The Morgan fingerprint density at radius 2 is 2.24 bits per heavy atom. The van der Waals surface area contributed by atoms with E-state index in [1.165, 1.54) is 4.68 Å². The lowest BCUT2D eigenvalue weighted by Gasteiger charge is -1.99. The topological polar surface area (TPSA) is 47.8 Å². The Kier molecular flexibility index (Phi) is 3.51. The Hall–Kier alpha value is -2.15. The fraction of sp³-hybridized carbons (Fsp3) is 0.308. The number of carbonyl (C=O) groups excluding carboxylic acids is 1. The van der Waals surface area contributed by atoms with Crippen LogP contribution in [0.2, 0.25) is 0 Å². The van der Waals surface area contributed by atoms with E-state index in [0.717, 1.165) is 23.9 Å². The summed E-state index contributed by atoms with van der Waals surface area (Å²) in [4.78, 5) is 11.9. The molecule has 0 aliphatic rings. The highest BCUT2D eigenvalue weighted by Gasteiger charge is 2.10. The Morgan fingerprint density at radius 1 is 1.41 bits per heavy atom. The smallest absolute Gasteiger partial charge is 0.248 e. The molecule has 0 bridgehead atoms. The van der Waals surface area contributed by atoms with Crippen molar-refractivity contribution in [3.63, 3.8) is 0 Å². The highest BCUT2D eigenvalue weighted by Crippen LogP contribution is 2.10. The molecule has 0 spiro atoms. The molecule has 0 aliphatic carbocycles. The number of nitrogens with zero attached hydrogens (tertiary/aromatic N) is 3. The van der Waals surface area contributed by atoms with Crippen molar-refractivity contribution in [1.82, 2.24) is 15.0 Å². The van der Waals surface area contributed by atoms with Gasteiger partial charge in [-0.3, -0.25) is 4.79 Å². The quantitative estimate of drug-likeness (QED) is 0.597. The van der Waals surface area contributed by atoms with Crippen molar-refractivity contribution in [1.29, 1.82) is 0 Å². The second-order valence-corrected chi connectivity index (χ2v) is 3.66. The fourth-order valence-corrected chi connectivity index (χ4v) is 1.61. The molecule has 17 heavy (non-hydrogen) atoms. The summed E-state index contributed by atoms with van der Waals surface area (Å²) in [7, 11) is 0. The van der Waals surface area contributed by atoms with Gasteiger partial charge in [0.05, 0.1) is 5.52 Å². The van der Waals surface area contributed by atoms with Crippen LogP contribution in [0.25, 0.3) is 11.0 Å². The van der Waals surface area contributed by atoms with Crippen LogP contribution in [0.3, 0.4) is 0 Å². The standard InChI is InChI=1S/C13H13N3O/c1-2-3-4-5-10-13(17)16-12-9-7-6-8-11(12)14-15-16/h6-9H,4-5,10H2,1H3. The zero-order valence-electron chi connectivity index (χ0n) is 9.68. The number of hydrogen-bond acceptors (Lipinski definition) is 3. The minimum absolute atomic E-state index is 0.0309. The van der Waals surface area contributed by atoms with Gasteiger partial charge >= 0.3 is 0 Å². The molecule has 0 N–H and O–H groups in total. The minimum Gasteiger partial charge on any atom is -0.273 e. The van der Waals surface area contributed by atoms with E-state index >= 15 is 0 Å². The van der Waals surface area contributed by atoms with Crippen LogP contribution >= 0.6 is 0 Å². The van der Waals surface area contributed by atoms with Crippen LogP contribution in [0.1, 0.15) is 31.0 Å². The zero-order chi connectivity index (χ0) is 12.1. The highest BCUT2D eigenvalue weighted by molar-refractivity contribution is 5.88. The average Bonchev–Trinajstić information content (AvgIpc) is 2.78. The highest BCUT2D eigenvalue weighted by atomic mass is 16.2. The SMILES string of the molecule is CC#CCCCC(=O)n1nnc2ccccc21. The van der Waals surface area contributed by atoms with Gasteiger partial charge in [0.2, 0.25) is 5.91 Å². The van der Waals surface area contributed by atoms with Gasteiger partial charge in [0.15, 0.2) is 0 Å². The summed E-state index contributed by atoms with van der Waals surface area (Å²) in [6.45, 7) is 1.80. The maximum atomic E-state index is 11.9. The van der Waals surface area contributed by atoms with E-state index < -0.39 is 0 Å². The Balaban J connectivity index is 2.10. The molecule has 4 nitrogen and oxygen atoms in total. The molecule has 0 saturated carbocycles. The third kappa shape index (κ3) is 2.51. The first kappa shape index (κ1) is 11.3. The third-order valence-electron chi connectivity index (χ3n) is 2.46. The summed E-state index contributed by atoms with van der Waals surface area (Å²) in [5.41, 5.74) is 1.51. The molecule has 2 rings (SSSR count). The van der Waals surface area contributed by atoms with Gasteiger partial charge in [-0.1, -0.05) is 17.3 Å². The van der Waals surface area contributed by atoms with E-state index in [2.05, 4.69) is 22.2 Å². The van der Waals surface area contributed by atoms with E-state index in [9.17, 15) is 4.79 Å². The molecule has 1 heterocycles. The van der Waals surface area contributed by atoms with Crippen LogP contribution in [0.15, 0.2) is 24.3 Å². The van der Waals surface area contributed by atoms with Crippen LogP contribution in [0.5, 0.6) is 0 Å². The van der Waals surface area contributed by atoms with Crippen LogP contribution in [-0.2, 0) is 0 Å². The number of benzene rings is 1. The van der Waals surface area contributed by atoms with Crippen molar-refractivity contribution in [3.8, 4) is 11.8 Å². The number of hydrogen-bond donors (Lipinski definition) is 0. The van der Waals surface area contributed by atoms with Crippen molar-refractivity contribution < 1.29 is 4.79 Å². The lowest BCUT2D eigenvalue weighted by atomic mass is 10.2. The molecule has 0 radical (unpaired) electrons. The predicted molar refractivity (Wildman–Crippen MR) is 65.5 cm³/mol. The lowest BCUT2D eigenvalue weighted by molar-refractivity contribution is 0.0888. The summed E-state index contributed by atoms with van der Waals surface area (Å²) in [6, 6.07) is 7.44. The van der Waals surface area contributed by atoms with Crippen LogP contribution in [0.4, 0.5) is 0 Å². The third-order valence-corrected chi connectivity index (χ3v) is 2.46. The minimum atomic E-state index is -0.0309. The molecule has 0 saturated heterocycles. The number of para-hydroxylation sites is 1. The predicted octanol–water partition coefficient (Wildman–Crippen LogP) is 2.27. The number of unbranched alkanes of at least 4 members (excludes halogenated alkanes) is 1. The molecule has 0 fully saturated rings. The number of fused-ring (bicyclic) bond motifs is 1. The van der Waals surface area contributed by atoms with Crippen molar-refractivity contribution in [2.45, 2.75) is 26.2 Å². The molecule has 1 aromatic heterocycles. The van der Waals surface area contributed by atoms with Gasteiger partial charge < -0.3 is 0 Å². The summed E-state index contributed by atoms with van der Waals surface area (Å²) < 4.78 is 1.37. The van der Waals surface area contributed by atoms with Crippen molar-refractivity contribution in [2.24, 2.45) is 0 Å². The Morgan fingerprint density at radius 3 is 3.06 bits per heavy atom. The van der Waals surface area contributed by atoms with Crippen LogP contribution in [0, 0.1) is 11.8 Å². The molecular formula is C13H13N3O. The van der Waals surface area contributed by atoms with Gasteiger partial charge in [0.25, 0.3) is 0 Å². The van der Waals surface area contributed by atoms with E-state index in [4.69, 9.17) is 0 Å². The molecule has 1 aromatic carbocycles. The molecule has 0 atom stereocenters. The zero-order valence-corrected chi connectivity index (χ0v) is 9.68. The van der Waals surface area contributed by atoms with E-state index in [0.29, 0.717) is 6.42 Å². The molecule has 4 heteroatoms. The Labute approximate surface area is 99.6 Å². The largest absolute Gasteiger partial charge is 0.273 e. The van der Waals surface area contributed by atoms with E-state index in [1.54, 1.807) is 6.92 Å². The summed E-state index contributed by atoms with van der Waals surface area (Å²) >= 11 is 0. The first-order chi connectivity index (χ1) is 8.33. The first-order valence-electron chi connectivity index (χ1n) is 5.56. The number of rotatable bonds is 3. The lowest BCUT2D eigenvalue weighted by Crippen LogP contribution is -2.11. The van der Waals surface area contributed by atoms with E-state index in [-0.39, 0.29) is 5.91 Å². The summed E-state index contributed by atoms with van der Waals surface area (Å²) in [5.74, 6) is 5.72. The van der Waals surface area contributed by atoms with Gasteiger partial charge in [-0.2, -0.15) is 4.68 Å². The normalized spacial score (nSPS) is 9.94. The maximum Gasteiger partial charge on any atom is 0.248 e. The van der Waals surface area contributed by atoms with Crippen LogP contribution < -0.4 is 0 Å². The molecule has 2 aromatic rings. The van der Waals surface area contributed by atoms with Gasteiger partial charge in [-0.15, -0.1) is 16.9 Å². The first-order valence-corrected chi connectivity index (χ1v) is 5.56. The second kappa shape index (κ2) is 5.26. The average molecular weight is 227 g/mol. The monoisotopic (exact) mass is 227 g/mol. The number of carbonyl (C=O) groups is 1. The molecule has 0 unspecified atom stereocenters. The summed E-state index contributed by atoms with van der Waals surface area (Å²) in [6.07, 6.45) is 1.95. The van der Waals surface area contributed by atoms with Crippen LogP contribution in [-0.4, -0.2) is 20.9 Å². The summed E-state index contributed by atoms with van der Waals surface area (Å²) in [5, 5.41) is 7.82. The van der Waals surface area contributed by atoms with Gasteiger partial charge in [-0.05, 0) is 25.5 Å². The van der Waals surface area contributed by atoms with Crippen molar-refractivity contribution >= 4 is 16.9 Å². The van der Waals surface area contributed by atoms with Crippen molar-refractivity contribution in [2.75, 3.05) is 0 Å². The second-order valence-electron chi connectivity index (χ2n) is 3.66. The van der Waals surface area contributed by atoms with Gasteiger partial charge in [0, 0.05) is 12.8 Å². The van der Waals surface area contributed by atoms with Gasteiger partial charge in [0.1, 0.15) is 5.52 Å². The van der Waals surface area contributed by atoms with Crippen molar-refractivity contribution in [3.05, 3.63) is 24.3 Å². The Bertz CT molecular complexity index is 589. The molecule has 86 valence electrons. The maximum absolute atomic E-state index is 11.9.